The van der Waals surface area contributed by atoms with Crippen LogP contribution < -0.4 is 11.1 Å². The third-order valence-electron chi connectivity index (χ3n) is 4.44. The molecular formula is C20H13Cl2N3O3. The predicted molar refractivity (Wildman–Crippen MR) is 108 cm³/mol. The zero-order chi connectivity index (χ0) is 19.9. The summed E-state index contributed by atoms with van der Waals surface area (Å²) < 4.78 is 6.05. The van der Waals surface area contributed by atoms with Crippen molar-refractivity contribution >= 4 is 52.5 Å². The number of halogens is 2. The molecule has 2 aliphatic rings. The van der Waals surface area contributed by atoms with Gasteiger partial charge in [0, 0.05) is 21.2 Å². The van der Waals surface area contributed by atoms with Gasteiger partial charge in [-0.05, 0) is 60.7 Å². The lowest BCUT2D eigenvalue weighted by Crippen LogP contribution is -2.54. The van der Waals surface area contributed by atoms with Gasteiger partial charge in [0.15, 0.2) is 5.41 Å². The van der Waals surface area contributed by atoms with E-state index in [0.29, 0.717) is 32.7 Å². The molecule has 0 saturated heterocycles. The van der Waals surface area contributed by atoms with Gasteiger partial charge in [0.05, 0.1) is 0 Å². The number of amides is 3. The molecule has 1 spiro atoms. The maximum atomic E-state index is 12.8. The highest BCUT2D eigenvalue weighted by atomic mass is 35.5. The number of nitrogens with zero attached hydrogens (tertiary/aromatic N) is 1. The summed E-state index contributed by atoms with van der Waals surface area (Å²) in [6.07, 6.45) is 3.08. The number of carbonyl (C=O) groups is 2. The lowest BCUT2D eigenvalue weighted by molar-refractivity contribution is -0.123. The van der Waals surface area contributed by atoms with Gasteiger partial charge in [0.25, 0.3) is 0 Å². The second-order valence-electron chi connectivity index (χ2n) is 6.26. The Kier molecular flexibility index (Phi) is 4.45. The van der Waals surface area contributed by atoms with Crippen molar-refractivity contribution in [1.82, 2.24) is 5.32 Å². The highest BCUT2D eigenvalue weighted by Crippen LogP contribution is 2.40. The van der Waals surface area contributed by atoms with Crippen LogP contribution >= 0.6 is 23.2 Å². The minimum atomic E-state index is -1.46. The van der Waals surface area contributed by atoms with Crippen LogP contribution in [-0.2, 0) is 9.53 Å². The number of benzene rings is 2. The fourth-order valence-corrected chi connectivity index (χ4v) is 3.22. The van der Waals surface area contributed by atoms with Crippen LogP contribution in [-0.4, -0.2) is 17.8 Å². The molecule has 0 atom stereocenters. The van der Waals surface area contributed by atoms with Gasteiger partial charge in [0.1, 0.15) is 17.4 Å². The van der Waals surface area contributed by atoms with E-state index in [1.54, 1.807) is 48.5 Å². The van der Waals surface area contributed by atoms with Gasteiger partial charge in [-0.2, -0.15) is 4.99 Å². The Balaban J connectivity index is 1.89. The van der Waals surface area contributed by atoms with E-state index < -0.39 is 17.4 Å². The quantitative estimate of drug-likeness (QED) is 0.777. The lowest BCUT2D eigenvalue weighted by Gasteiger charge is -2.33. The third kappa shape index (κ3) is 3.17. The molecule has 8 heteroatoms. The molecule has 6 nitrogen and oxygen atoms in total. The highest BCUT2D eigenvalue weighted by Gasteiger charge is 2.46. The molecule has 3 N–H and O–H groups in total. The Morgan fingerprint density at radius 1 is 0.857 bits per heavy atom. The Bertz CT molecular complexity index is 1010. The van der Waals surface area contributed by atoms with Gasteiger partial charge in [-0.15, -0.1) is 0 Å². The van der Waals surface area contributed by atoms with E-state index in [1.165, 1.54) is 12.2 Å². The first-order valence-electron chi connectivity index (χ1n) is 8.23. The van der Waals surface area contributed by atoms with Crippen molar-refractivity contribution in [2.75, 3.05) is 0 Å². The molecule has 0 fully saturated rings. The van der Waals surface area contributed by atoms with Gasteiger partial charge >= 0.3 is 6.03 Å². The first-order valence-corrected chi connectivity index (χ1v) is 8.98. The first kappa shape index (κ1) is 18.3. The topological polar surface area (TPSA) is 93.8 Å². The second-order valence-corrected chi connectivity index (χ2v) is 7.13. The molecule has 28 heavy (non-hydrogen) atoms. The largest absolute Gasteiger partial charge is 0.457 e. The molecule has 2 aromatic rings. The van der Waals surface area contributed by atoms with Crippen molar-refractivity contribution in [1.29, 1.82) is 0 Å². The maximum Gasteiger partial charge on any atom is 0.349 e. The van der Waals surface area contributed by atoms with Crippen molar-refractivity contribution < 1.29 is 14.3 Å². The van der Waals surface area contributed by atoms with Crippen LogP contribution in [0.4, 0.5) is 4.79 Å². The summed E-state index contributed by atoms with van der Waals surface area (Å²) in [6.45, 7) is 0. The number of urea groups is 1. The summed E-state index contributed by atoms with van der Waals surface area (Å²) in [5.74, 6) is 0.0206. The van der Waals surface area contributed by atoms with Crippen molar-refractivity contribution in [3.8, 4) is 0 Å². The Morgan fingerprint density at radius 3 is 1.75 bits per heavy atom. The van der Waals surface area contributed by atoms with Crippen molar-refractivity contribution in [3.05, 3.63) is 81.9 Å². The molecule has 0 aliphatic carbocycles. The van der Waals surface area contributed by atoms with E-state index in [2.05, 4.69) is 10.3 Å². The number of imide groups is 1. The number of rotatable bonds is 2. The maximum absolute atomic E-state index is 12.8. The average Bonchev–Trinajstić information content (AvgIpc) is 2.67. The fourth-order valence-electron chi connectivity index (χ4n) is 2.97. The third-order valence-corrected chi connectivity index (χ3v) is 4.94. The van der Waals surface area contributed by atoms with Crippen molar-refractivity contribution in [3.63, 3.8) is 0 Å². The summed E-state index contributed by atoms with van der Waals surface area (Å²) in [5.41, 5.74) is 5.94. The van der Waals surface area contributed by atoms with Crippen molar-refractivity contribution in [2.24, 2.45) is 16.1 Å². The van der Waals surface area contributed by atoms with E-state index >= 15 is 0 Å². The SMILES string of the molecule is NC1=NC(=O)NC(=O)C12C=C(c1ccc(Cl)cc1)OC(c1ccc(Cl)cc1)=C2. The van der Waals surface area contributed by atoms with Gasteiger partial charge < -0.3 is 10.5 Å². The molecule has 0 unspecified atom stereocenters. The number of nitrogens with two attached hydrogens (primary N) is 1. The molecule has 0 radical (unpaired) electrons. The van der Waals surface area contributed by atoms with Gasteiger partial charge in [-0.25, -0.2) is 4.79 Å². The highest BCUT2D eigenvalue weighted by molar-refractivity contribution is 6.31. The molecule has 0 bridgehead atoms. The lowest BCUT2D eigenvalue weighted by atomic mass is 9.80. The monoisotopic (exact) mass is 413 g/mol. The minimum Gasteiger partial charge on any atom is -0.457 e. The van der Waals surface area contributed by atoms with Crippen LogP contribution in [0.5, 0.6) is 0 Å². The second kappa shape index (κ2) is 6.82. The number of hydrogen-bond donors (Lipinski definition) is 2. The molecule has 4 rings (SSSR count). The molecule has 140 valence electrons. The van der Waals surface area contributed by atoms with Crippen LogP contribution in [0.3, 0.4) is 0 Å². The van der Waals surface area contributed by atoms with Crippen LogP contribution in [0.2, 0.25) is 10.0 Å². The molecule has 0 saturated carbocycles. The van der Waals surface area contributed by atoms with E-state index in [9.17, 15) is 9.59 Å². The Labute approximate surface area is 170 Å². The van der Waals surface area contributed by atoms with E-state index in [-0.39, 0.29) is 5.84 Å². The Morgan fingerprint density at radius 2 is 1.32 bits per heavy atom. The molecular weight excluding hydrogens is 401 g/mol. The molecule has 2 aliphatic heterocycles. The molecule has 2 heterocycles. The van der Waals surface area contributed by atoms with E-state index in [0.717, 1.165) is 0 Å². The molecule has 2 aromatic carbocycles. The number of ether oxygens (including phenoxy) is 1. The number of nitrogens with one attached hydrogen (secondary N) is 1. The number of aliphatic imine (C=N–C) groups is 1. The van der Waals surface area contributed by atoms with Gasteiger partial charge in [-0.3, -0.25) is 10.1 Å². The minimum absolute atomic E-state index is 0.137. The fraction of sp³-hybridized carbons (Fsp3) is 0.0500. The van der Waals surface area contributed by atoms with Crippen LogP contribution in [0.25, 0.3) is 11.5 Å². The smallest absolute Gasteiger partial charge is 0.349 e. The summed E-state index contributed by atoms with van der Waals surface area (Å²) in [5, 5.41) is 3.32. The zero-order valence-corrected chi connectivity index (χ0v) is 15.8. The van der Waals surface area contributed by atoms with Crippen molar-refractivity contribution in [2.45, 2.75) is 0 Å². The summed E-state index contributed by atoms with van der Waals surface area (Å²) in [4.78, 5) is 28.1. The van der Waals surface area contributed by atoms with Gasteiger partial charge in [0.2, 0.25) is 5.91 Å². The molecule has 3 amide bonds. The number of hydrogen-bond acceptors (Lipinski definition) is 4. The average molecular weight is 414 g/mol. The summed E-state index contributed by atoms with van der Waals surface area (Å²) in [6, 6.07) is 13.0. The van der Waals surface area contributed by atoms with Crippen LogP contribution in [0, 0.1) is 5.41 Å². The van der Waals surface area contributed by atoms with Crippen LogP contribution in [0.15, 0.2) is 65.7 Å². The molecule has 0 aromatic heterocycles. The predicted octanol–water partition coefficient (Wildman–Crippen LogP) is 4.00. The first-order chi connectivity index (χ1) is 13.4. The number of carbonyl (C=O) groups excluding carboxylic acids is 2. The van der Waals surface area contributed by atoms with E-state index in [4.69, 9.17) is 33.7 Å². The van der Waals surface area contributed by atoms with Gasteiger partial charge in [-0.1, -0.05) is 23.2 Å². The van der Waals surface area contributed by atoms with E-state index in [1.807, 2.05) is 0 Å². The summed E-state index contributed by atoms with van der Waals surface area (Å²) in [7, 11) is 0. The zero-order valence-electron chi connectivity index (χ0n) is 14.3. The number of amidine groups is 1. The van der Waals surface area contributed by atoms with Crippen LogP contribution in [0.1, 0.15) is 11.1 Å². The standard InChI is InChI=1S/C20H13Cl2N3O3/c21-13-5-1-11(2-6-13)15-9-20(17(23)24-19(27)25-18(20)26)10-16(28-15)12-3-7-14(22)8-4-12/h1-10H,(H3,23,24,25,26,27). The Hall–Kier alpha value is -3.09. The normalized spacial score (nSPS) is 18.0. The summed E-state index contributed by atoms with van der Waals surface area (Å²) >= 11 is 11.9.